The van der Waals surface area contributed by atoms with Crippen molar-refractivity contribution in [1.29, 1.82) is 0 Å². The maximum absolute atomic E-state index is 5.35. The fourth-order valence-corrected chi connectivity index (χ4v) is 3.00. The molecule has 0 radical (unpaired) electrons. The molecule has 2 aromatic carbocycles. The van der Waals surface area contributed by atoms with Crippen LogP contribution in [0, 0.1) is 20.8 Å². The second-order valence-electron chi connectivity index (χ2n) is 5.29. The van der Waals surface area contributed by atoms with E-state index in [0.717, 1.165) is 18.0 Å². The summed E-state index contributed by atoms with van der Waals surface area (Å²) < 4.78 is 0. The van der Waals surface area contributed by atoms with Crippen LogP contribution in [0.3, 0.4) is 0 Å². The number of aryl methyl sites for hydroxylation is 2. The molecule has 0 bridgehead atoms. The molecule has 2 rings (SSSR count). The minimum Gasteiger partial charge on any atom is -0.362 e. The van der Waals surface area contributed by atoms with Crippen LogP contribution in [0.5, 0.6) is 0 Å². The third kappa shape index (κ3) is 5.04. The molecular weight excluding hydrogens is 308 g/mol. The fraction of sp³-hybridized carbons (Fsp3) is 0.278. The summed E-state index contributed by atoms with van der Waals surface area (Å²) in [5.41, 5.74) is 4.87. The van der Waals surface area contributed by atoms with E-state index >= 15 is 0 Å². The van der Waals surface area contributed by atoms with E-state index in [1.165, 1.54) is 21.6 Å². The van der Waals surface area contributed by atoms with Gasteiger partial charge in [-0.25, -0.2) is 0 Å². The highest BCUT2D eigenvalue weighted by Crippen LogP contribution is 2.18. The maximum atomic E-state index is 5.35. The van der Waals surface area contributed by atoms with Crippen molar-refractivity contribution < 1.29 is 0 Å². The summed E-state index contributed by atoms with van der Waals surface area (Å²) in [4.78, 5) is 1.29. The largest absolute Gasteiger partial charge is 0.362 e. The monoisotopic (exact) mass is 330 g/mol. The van der Waals surface area contributed by atoms with Crippen molar-refractivity contribution in [1.82, 2.24) is 5.32 Å². The van der Waals surface area contributed by atoms with Crippen molar-refractivity contribution in [2.24, 2.45) is 0 Å². The maximum Gasteiger partial charge on any atom is 0.170 e. The van der Waals surface area contributed by atoms with Crippen molar-refractivity contribution in [3.8, 4) is 0 Å². The minimum absolute atomic E-state index is 0.679. The summed E-state index contributed by atoms with van der Waals surface area (Å²) in [6, 6.07) is 14.8. The number of thiocarbonyl (C=S) groups is 1. The zero-order valence-electron chi connectivity index (χ0n) is 13.3. The van der Waals surface area contributed by atoms with Gasteiger partial charge < -0.3 is 10.6 Å². The van der Waals surface area contributed by atoms with Crippen LogP contribution in [-0.2, 0) is 0 Å². The lowest BCUT2D eigenvalue weighted by Crippen LogP contribution is -2.30. The smallest absolute Gasteiger partial charge is 0.170 e. The van der Waals surface area contributed by atoms with Crippen molar-refractivity contribution in [2.75, 3.05) is 17.6 Å². The molecule has 0 spiro atoms. The van der Waals surface area contributed by atoms with Crippen molar-refractivity contribution in [2.45, 2.75) is 25.7 Å². The molecular formula is C18H22N2S2. The van der Waals surface area contributed by atoms with Crippen molar-refractivity contribution in [3.05, 3.63) is 59.2 Å². The van der Waals surface area contributed by atoms with Gasteiger partial charge in [-0.1, -0.05) is 29.8 Å². The number of hydrogen-bond acceptors (Lipinski definition) is 2. The van der Waals surface area contributed by atoms with Crippen LogP contribution in [-0.4, -0.2) is 17.4 Å². The Morgan fingerprint density at radius 3 is 2.50 bits per heavy atom. The van der Waals surface area contributed by atoms with E-state index < -0.39 is 0 Å². The Hall–Kier alpha value is -1.52. The van der Waals surface area contributed by atoms with Crippen LogP contribution in [0.4, 0.5) is 5.69 Å². The van der Waals surface area contributed by atoms with Gasteiger partial charge in [0.2, 0.25) is 0 Å². The van der Waals surface area contributed by atoms with Crippen molar-refractivity contribution >= 4 is 34.8 Å². The number of anilines is 1. The summed E-state index contributed by atoms with van der Waals surface area (Å²) in [7, 11) is 0. The van der Waals surface area contributed by atoms with Gasteiger partial charge in [0.15, 0.2) is 5.11 Å². The Kier molecular flexibility index (Phi) is 6.28. The standard InChI is InChI=1S/C18H22N2S2/c1-13-7-9-16(10-8-13)22-12-11-19-18(21)20-17-6-4-5-14(2)15(17)3/h4-10H,11-12H2,1-3H3,(H2,19,20,21). The lowest BCUT2D eigenvalue weighted by Gasteiger charge is -2.13. The lowest BCUT2D eigenvalue weighted by molar-refractivity contribution is 0.989. The summed E-state index contributed by atoms with van der Waals surface area (Å²) in [6.45, 7) is 7.16. The number of nitrogens with one attached hydrogen (secondary N) is 2. The second-order valence-corrected chi connectivity index (χ2v) is 6.87. The number of rotatable bonds is 5. The van der Waals surface area contributed by atoms with E-state index in [-0.39, 0.29) is 0 Å². The Labute approximate surface area is 142 Å². The van der Waals surface area contributed by atoms with E-state index in [1.807, 2.05) is 17.8 Å². The topological polar surface area (TPSA) is 24.1 Å². The van der Waals surface area contributed by atoms with Gasteiger partial charge in [-0.3, -0.25) is 0 Å². The van der Waals surface area contributed by atoms with Crippen LogP contribution in [0.2, 0.25) is 0 Å². The minimum atomic E-state index is 0.679. The first-order valence-corrected chi connectivity index (χ1v) is 8.76. The quantitative estimate of drug-likeness (QED) is 0.472. The van der Waals surface area contributed by atoms with Gasteiger partial charge in [0.1, 0.15) is 0 Å². The predicted molar refractivity (Wildman–Crippen MR) is 102 cm³/mol. The average molecular weight is 331 g/mol. The summed E-state index contributed by atoms with van der Waals surface area (Å²) >= 11 is 7.19. The van der Waals surface area contributed by atoms with Gasteiger partial charge in [-0.05, 0) is 62.3 Å². The van der Waals surface area contributed by atoms with Crippen LogP contribution >= 0.6 is 24.0 Å². The zero-order valence-corrected chi connectivity index (χ0v) is 14.9. The molecule has 2 N–H and O–H groups in total. The number of benzene rings is 2. The predicted octanol–water partition coefficient (Wildman–Crippen LogP) is 4.69. The van der Waals surface area contributed by atoms with Gasteiger partial charge in [0.25, 0.3) is 0 Å². The van der Waals surface area contributed by atoms with E-state index in [0.29, 0.717) is 5.11 Å². The first kappa shape index (κ1) is 16.8. The van der Waals surface area contributed by atoms with E-state index in [4.69, 9.17) is 12.2 Å². The molecule has 4 heteroatoms. The molecule has 0 aromatic heterocycles. The van der Waals surface area contributed by atoms with Gasteiger partial charge in [-0.15, -0.1) is 11.8 Å². The van der Waals surface area contributed by atoms with Gasteiger partial charge in [-0.2, -0.15) is 0 Å². The van der Waals surface area contributed by atoms with Crippen LogP contribution in [0.1, 0.15) is 16.7 Å². The molecule has 0 atom stereocenters. The second kappa shape index (κ2) is 8.20. The molecule has 0 aliphatic heterocycles. The summed E-state index contributed by atoms with van der Waals surface area (Å²) in [5, 5.41) is 7.21. The molecule has 116 valence electrons. The molecule has 22 heavy (non-hydrogen) atoms. The molecule has 0 unspecified atom stereocenters. The van der Waals surface area contributed by atoms with Gasteiger partial charge in [0.05, 0.1) is 0 Å². The highest BCUT2D eigenvalue weighted by molar-refractivity contribution is 7.99. The normalized spacial score (nSPS) is 10.3. The molecule has 2 aromatic rings. The zero-order chi connectivity index (χ0) is 15.9. The average Bonchev–Trinajstić information content (AvgIpc) is 2.50. The highest BCUT2D eigenvalue weighted by atomic mass is 32.2. The Balaban J connectivity index is 1.74. The van der Waals surface area contributed by atoms with Crippen LogP contribution in [0.25, 0.3) is 0 Å². The third-order valence-electron chi connectivity index (χ3n) is 3.53. The SMILES string of the molecule is Cc1ccc(SCCNC(=S)Nc2cccc(C)c2C)cc1. The van der Waals surface area contributed by atoms with Crippen LogP contribution in [0.15, 0.2) is 47.4 Å². The van der Waals surface area contributed by atoms with E-state index in [9.17, 15) is 0 Å². The molecule has 0 saturated carbocycles. The van der Waals surface area contributed by atoms with E-state index in [2.05, 4.69) is 67.8 Å². The molecule has 0 aliphatic carbocycles. The van der Waals surface area contributed by atoms with Gasteiger partial charge >= 0.3 is 0 Å². The van der Waals surface area contributed by atoms with Gasteiger partial charge in [0, 0.05) is 22.9 Å². The lowest BCUT2D eigenvalue weighted by atomic mass is 10.1. The Bertz CT molecular complexity index is 636. The molecule has 0 fully saturated rings. The first-order valence-electron chi connectivity index (χ1n) is 7.37. The highest BCUT2D eigenvalue weighted by Gasteiger charge is 2.02. The Morgan fingerprint density at radius 1 is 1.05 bits per heavy atom. The fourth-order valence-electron chi connectivity index (χ4n) is 2.02. The number of thioether (sulfide) groups is 1. The molecule has 0 aliphatic rings. The third-order valence-corrected chi connectivity index (χ3v) is 4.79. The van der Waals surface area contributed by atoms with Crippen LogP contribution < -0.4 is 10.6 Å². The Morgan fingerprint density at radius 2 is 1.77 bits per heavy atom. The van der Waals surface area contributed by atoms with Crippen molar-refractivity contribution in [3.63, 3.8) is 0 Å². The molecule has 0 saturated heterocycles. The molecule has 2 nitrogen and oxygen atoms in total. The summed E-state index contributed by atoms with van der Waals surface area (Å²) in [5.74, 6) is 0.984. The van der Waals surface area contributed by atoms with E-state index in [1.54, 1.807) is 0 Å². The number of hydrogen-bond donors (Lipinski definition) is 2. The molecule has 0 heterocycles. The first-order chi connectivity index (χ1) is 10.6. The molecule has 0 amide bonds. The summed E-state index contributed by atoms with van der Waals surface area (Å²) in [6.07, 6.45) is 0.